The topological polar surface area (TPSA) is 68.2 Å². The predicted molar refractivity (Wildman–Crippen MR) is 120 cm³/mol. The third-order valence-corrected chi connectivity index (χ3v) is 7.00. The number of ether oxygens (including phenoxy) is 2. The molecular weight excluding hydrogens is 412 g/mol. The van der Waals surface area contributed by atoms with Crippen LogP contribution in [-0.4, -0.2) is 32.8 Å². The highest BCUT2D eigenvalue weighted by Crippen LogP contribution is 2.40. The van der Waals surface area contributed by atoms with Crippen LogP contribution in [0.4, 0.5) is 0 Å². The number of hydrogen-bond acceptors (Lipinski definition) is 5. The van der Waals surface area contributed by atoms with E-state index in [1.165, 1.54) is 4.41 Å². The first-order chi connectivity index (χ1) is 14.9. The van der Waals surface area contributed by atoms with Gasteiger partial charge in [0, 0.05) is 6.42 Å². The average molecular weight is 437 g/mol. The number of hydrazone groups is 1. The van der Waals surface area contributed by atoms with Gasteiger partial charge in [0.1, 0.15) is 0 Å². The van der Waals surface area contributed by atoms with E-state index in [-0.39, 0.29) is 4.90 Å². The monoisotopic (exact) mass is 436 g/mol. The largest absolute Gasteiger partial charge is 0.493 e. The van der Waals surface area contributed by atoms with Crippen molar-refractivity contribution in [1.29, 1.82) is 0 Å². The minimum atomic E-state index is -3.85. The number of sulfonamides is 1. The van der Waals surface area contributed by atoms with Crippen molar-refractivity contribution in [1.82, 2.24) is 4.41 Å². The van der Waals surface area contributed by atoms with Crippen LogP contribution in [0.3, 0.4) is 0 Å². The van der Waals surface area contributed by atoms with Gasteiger partial charge >= 0.3 is 0 Å². The molecule has 0 spiro atoms. The van der Waals surface area contributed by atoms with E-state index < -0.39 is 16.1 Å². The Balaban J connectivity index is 1.82. The molecule has 0 bridgehead atoms. The van der Waals surface area contributed by atoms with Crippen LogP contribution < -0.4 is 9.47 Å². The van der Waals surface area contributed by atoms with Crippen molar-refractivity contribution in [3.63, 3.8) is 0 Å². The Labute approximate surface area is 182 Å². The van der Waals surface area contributed by atoms with Gasteiger partial charge in [-0.15, -0.1) is 0 Å². The molecule has 31 heavy (non-hydrogen) atoms. The summed E-state index contributed by atoms with van der Waals surface area (Å²) in [4.78, 5) is 0.203. The average Bonchev–Trinajstić information content (AvgIpc) is 3.26. The first-order valence-electron chi connectivity index (χ1n) is 9.90. The van der Waals surface area contributed by atoms with Crippen LogP contribution in [0.25, 0.3) is 0 Å². The maximum atomic E-state index is 13.5. The normalized spacial score (nSPS) is 16.2. The van der Waals surface area contributed by atoms with Gasteiger partial charge in [0.25, 0.3) is 10.0 Å². The third-order valence-electron chi connectivity index (χ3n) is 5.30. The minimum absolute atomic E-state index is 0.203. The summed E-state index contributed by atoms with van der Waals surface area (Å²) < 4.78 is 39.0. The maximum absolute atomic E-state index is 13.5. The lowest BCUT2D eigenvalue weighted by atomic mass is 9.98. The first kappa shape index (κ1) is 20.9. The third kappa shape index (κ3) is 4.01. The van der Waals surface area contributed by atoms with Gasteiger partial charge in [0.05, 0.1) is 30.9 Å². The molecule has 1 heterocycles. The molecule has 1 aliphatic heterocycles. The Morgan fingerprint density at radius 1 is 0.903 bits per heavy atom. The highest BCUT2D eigenvalue weighted by atomic mass is 32.2. The molecule has 7 heteroatoms. The fourth-order valence-electron chi connectivity index (χ4n) is 3.72. The Morgan fingerprint density at radius 3 is 2.32 bits per heavy atom. The van der Waals surface area contributed by atoms with Crippen LogP contribution in [-0.2, 0) is 10.0 Å². The van der Waals surface area contributed by atoms with E-state index in [1.54, 1.807) is 50.6 Å². The second-order valence-corrected chi connectivity index (χ2v) is 9.14. The van der Waals surface area contributed by atoms with Crippen LogP contribution in [0.1, 0.15) is 29.2 Å². The summed E-state index contributed by atoms with van der Waals surface area (Å²) in [5.74, 6) is 1.13. The maximum Gasteiger partial charge on any atom is 0.279 e. The summed E-state index contributed by atoms with van der Waals surface area (Å²) >= 11 is 0. The standard InChI is InChI=1S/C24H24N2O4S/c1-17-8-7-9-18(14-17)21-16-22(19-12-13-23(29-2)24(15-19)30-3)26(25-21)31(27,28)20-10-5-4-6-11-20/h4-15,22H,16H2,1-3H3. The van der Waals surface area contributed by atoms with Crippen molar-refractivity contribution in [2.24, 2.45) is 5.10 Å². The molecule has 4 rings (SSSR count). The summed E-state index contributed by atoms with van der Waals surface area (Å²) in [5.41, 5.74) is 3.51. The van der Waals surface area contributed by atoms with Gasteiger partial charge in [-0.2, -0.15) is 17.9 Å². The van der Waals surface area contributed by atoms with Gasteiger partial charge in [0.2, 0.25) is 0 Å². The number of aryl methyl sites for hydroxylation is 1. The molecular formula is C24H24N2O4S. The van der Waals surface area contributed by atoms with Gasteiger partial charge in [-0.25, -0.2) is 0 Å². The molecule has 1 atom stereocenters. The molecule has 3 aromatic carbocycles. The lowest BCUT2D eigenvalue weighted by molar-refractivity contribution is 0.348. The molecule has 0 fully saturated rings. The van der Waals surface area contributed by atoms with Crippen LogP contribution in [0.15, 0.2) is 82.8 Å². The fraction of sp³-hybridized carbons (Fsp3) is 0.208. The van der Waals surface area contributed by atoms with E-state index in [2.05, 4.69) is 5.10 Å². The Morgan fingerprint density at radius 2 is 1.65 bits per heavy atom. The number of benzene rings is 3. The number of rotatable bonds is 6. The molecule has 0 amide bonds. The zero-order valence-corrected chi connectivity index (χ0v) is 18.5. The summed E-state index contributed by atoms with van der Waals surface area (Å²) in [5, 5.41) is 4.59. The van der Waals surface area contributed by atoms with E-state index in [1.807, 2.05) is 43.3 Å². The Hall–Kier alpha value is -3.32. The zero-order chi connectivity index (χ0) is 22.0. The van der Waals surface area contributed by atoms with Gasteiger partial charge in [-0.3, -0.25) is 0 Å². The smallest absolute Gasteiger partial charge is 0.279 e. The van der Waals surface area contributed by atoms with Crippen LogP contribution in [0.5, 0.6) is 11.5 Å². The van der Waals surface area contributed by atoms with Crippen LogP contribution >= 0.6 is 0 Å². The SMILES string of the molecule is COc1ccc(C2CC(c3cccc(C)c3)=NN2S(=O)(=O)c2ccccc2)cc1OC. The molecule has 0 saturated heterocycles. The number of methoxy groups -OCH3 is 2. The summed E-state index contributed by atoms with van der Waals surface area (Å²) in [7, 11) is -0.722. The second-order valence-electron chi connectivity index (χ2n) is 7.34. The highest BCUT2D eigenvalue weighted by molar-refractivity contribution is 7.89. The van der Waals surface area contributed by atoms with Gasteiger partial charge in [0.15, 0.2) is 11.5 Å². The van der Waals surface area contributed by atoms with Gasteiger partial charge < -0.3 is 9.47 Å². The molecule has 0 radical (unpaired) electrons. The summed E-state index contributed by atoms with van der Waals surface area (Å²) in [6.45, 7) is 2.00. The van der Waals surface area contributed by atoms with Crippen molar-refractivity contribution in [3.8, 4) is 11.5 Å². The molecule has 6 nitrogen and oxygen atoms in total. The molecule has 0 saturated carbocycles. The number of nitrogens with zero attached hydrogens (tertiary/aromatic N) is 2. The van der Waals surface area contributed by atoms with Crippen molar-refractivity contribution in [2.75, 3.05) is 14.2 Å². The molecule has 1 unspecified atom stereocenters. The van der Waals surface area contributed by atoms with Crippen molar-refractivity contribution in [3.05, 3.63) is 89.5 Å². The van der Waals surface area contributed by atoms with E-state index in [0.29, 0.717) is 17.9 Å². The second kappa shape index (κ2) is 8.43. The number of hydrogen-bond donors (Lipinski definition) is 0. The first-order valence-corrected chi connectivity index (χ1v) is 11.3. The lowest BCUT2D eigenvalue weighted by Crippen LogP contribution is -2.27. The molecule has 0 aromatic heterocycles. The predicted octanol–water partition coefficient (Wildman–Crippen LogP) is 4.55. The van der Waals surface area contributed by atoms with E-state index in [0.717, 1.165) is 22.4 Å². The van der Waals surface area contributed by atoms with Gasteiger partial charge in [-0.05, 0) is 42.3 Å². The van der Waals surface area contributed by atoms with E-state index in [4.69, 9.17) is 9.47 Å². The van der Waals surface area contributed by atoms with Crippen molar-refractivity contribution in [2.45, 2.75) is 24.3 Å². The molecule has 160 valence electrons. The van der Waals surface area contributed by atoms with Crippen molar-refractivity contribution < 1.29 is 17.9 Å². The molecule has 1 aliphatic rings. The highest BCUT2D eigenvalue weighted by Gasteiger charge is 2.38. The molecule has 3 aromatic rings. The summed E-state index contributed by atoms with van der Waals surface area (Å²) in [6.07, 6.45) is 0.449. The van der Waals surface area contributed by atoms with Crippen LogP contribution in [0, 0.1) is 6.92 Å². The van der Waals surface area contributed by atoms with Gasteiger partial charge in [-0.1, -0.05) is 54.1 Å². The van der Waals surface area contributed by atoms with Crippen LogP contribution in [0.2, 0.25) is 0 Å². The Kier molecular flexibility index (Phi) is 5.69. The van der Waals surface area contributed by atoms with E-state index >= 15 is 0 Å². The van der Waals surface area contributed by atoms with Crippen molar-refractivity contribution >= 4 is 15.7 Å². The minimum Gasteiger partial charge on any atom is -0.493 e. The lowest BCUT2D eigenvalue weighted by Gasteiger charge is -2.24. The molecule has 0 aliphatic carbocycles. The van der Waals surface area contributed by atoms with E-state index in [9.17, 15) is 8.42 Å². The zero-order valence-electron chi connectivity index (χ0n) is 17.6. The quantitative estimate of drug-likeness (QED) is 0.568. The summed E-state index contributed by atoms with van der Waals surface area (Å²) in [6, 6.07) is 21.2. The Bertz CT molecular complexity index is 1220. The fourth-order valence-corrected chi connectivity index (χ4v) is 5.17. The molecule has 0 N–H and O–H groups in total.